The summed E-state index contributed by atoms with van der Waals surface area (Å²) in [6.07, 6.45) is 2.05. The van der Waals surface area contributed by atoms with Gasteiger partial charge in [-0.15, -0.1) is 11.3 Å². The number of nitrogens with one attached hydrogen (secondary N) is 1. The molecule has 2 aliphatic heterocycles. The number of piperazine rings is 1. The van der Waals surface area contributed by atoms with E-state index in [0.717, 1.165) is 56.3 Å². The van der Waals surface area contributed by atoms with Gasteiger partial charge in [0.25, 0.3) is 0 Å². The Kier molecular flexibility index (Phi) is 5.92. The van der Waals surface area contributed by atoms with Crippen LogP contribution in [0.2, 0.25) is 5.02 Å². The van der Waals surface area contributed by atoms with E-state index in [0.29, 0.717) is 11.1 Å². The number of ether oxygens (including phenoxy) is 1. The van der Waals surface area contributed by atoms with Crippen molar-refractivity contribution in [1.82, 2.24) is 9.80 Å². The molecule has 3 heterocycles. The molecule has 7 heteroatoms. The van der Waals surface area contributed by atoms with Crippen molar-refractivity contribution in [2.24, 2.45) is 4.99 Å². The Bertz CT molecular complexity index is 881. The maximum atomic E-state index is 6.27. The predicted molar refractivity (Wildman–Crippen MR) is 119 cm³/mol. The first kappa shape index (κ1) is 19.7. The quantitative estimate of drug-likeness (QED) is 0.777. The molecular weight excluding hydrogens is 392 g/mol. The second-order valence-corrected chi connectivity index (χ2v) is 8.97. The minimum Gasteiger partial charge on any atom is -0.385 e. The Morgan fingerprint density at radius 1 is 1.32 bits per heavy atom. The van der Waals surface area contributed by atoms with Gasteiger partial charge in [0.1, 0.15) is 10.8 Å². The number of anilines is 2. The van der Waals surface area contributed by atoms with E-state index in [1.807, 2.05) is 29.5 Å². The largest absolute Gasteiger partial charge is 0.385 e. The summed E-state index contributed by atoms with van der Waals surface area (Å²) < 4.78 is 5.33. The standard InChI is InChI=1S/C21H27ClN4OS/c1-4-16-12-17-20(26-9-8-25(2)15(13-26)7-10-27-3)23-19-11-14(22)5-6-18(19)24-21(17)28-16/h5-6,11-12,15,24H,4,7-10,13H2,1-3H3/t15-/m0/s1. The highest BCUT2D eigenvalue weighted by Gasteiger charge is 2.30. The molecule has 4 rings (SSSR count). The molecule has 1 saturated heterocycles. The Balaban J connectivity index is 1.73. The molecule has 0 aliphatic carbocycles. The number of hydrogen-bond acceptors (Lipinski definition) is 6. The number of aliphatic imine (C=N–C) groups is 1. The molecule has 0 bridgehead atoms. The molecule has 0 radical (unpaired) electrons. The van der Waals surface area contributed by atoms with E-state index >= 15 is 0 Å². The number of likely N-dealkylation sites (N-methyl/N-ethyl adjacent to an activating group) is 1. The lowest BCUT2D eigenvalue weighted by molar-refractivity contribution is 0.100. The molecule has 1 aromatic carbocycles. The molecule has 5 nitrogen and oxygen atoms in total. The predicted octanol–water partition coefficient (Wildman–Crippen LogP) is 4.75. The number of rotatable bonds is 4. The Morgan fingerprint density at radius 3 is 2.96 bits per heavy atom. The summed E-state index contributed by atoms with van der Waals surface area (Å²) in [4.78, 5) is 11.3. The summed E-state index contributed by atoms with van der Waals surface area (Å²) in [6, 6.07) is 8.63. The number of amidine groups is 1. The Morgan fingerprint density at radius 2 is 2.18 bits per heavy atom. The second-order valence-electron chi connectivity index (χ2n) is 7.39. The summed E-state index contributed by atoms with van der Waals surface area (Å²) in [5.41, 5.74) is 3.11. The maximum Gasteiger partial charge on any atom is 0.139 e. The molecule has 2 aliphatic rings. The Labute approximate surface area is 176 Å². The summed E-state index contributed by atoms with van der Waals surface area (Å²) >= 11 is 8.08. The normalized spacial score (nSPS) is 19.5. The monoisotopic (exact) mass is 418 g/mol. The van der Waals surface area contributed by atoms with Crippen molar-refractivity contribution >= 4 is 45.1 Å². The van der Waals surface area contributed by atoms with Gasteiger partial charge in [0.15, 0.2) is 0 Å². The summed E-state index contributed by atoms with van der Waals surface area (Å²) in [6.45, 7) is 5.91. The van der Waals surface area contributed by atoms with Crippen molar-refractivity contribution < 1.29 is 4.74 Å². The first-order chi connectivity index (χ1) is 13.6. The van der Waals surface area contributed by atoms with Crippen molar-refractivity contribution in [3.63, 3.8) is 0 Å². The van der Waals surface area contributed by atoms with Crippen LogP contribution in [0.15, 0.2) is 29.3 Å². The van der Waals surface area contributed by atoms with E-state index in [9.17, 15) is 0 Å². The lowest BCUT2D eigenvalue weighted by Gasteiger charge is -2.40. The number of thiophene rings is 1. The van der Waals surface area contributed by atoms with E-state index in [4.69, 9.17) is 21.3 Å². The fraction of sp³-hybridized carbons (Fsp3) is 0.476. The number of benzene rings is 1. The number of aryl methyl sites for hydroxylation is 1. The molecule has 1 aromatic heterocycles. The van der Waals surface area contributed by atoms with Crippen molar-refractivity contribution in [3.8, 4) is 0 Å². The smallest absolute Gasteiger partial charge is 0.139 e. The summed E-state index contributed by atoms with van der Waals surface area (Å²) in [5, 5.41) is 5.47. The molecule has 1 N–H and O–H groups in total. The number of nitrogens with zero attached hydrogens (tertiary/aromatic N) is 3. The zero-order valence-corrected chi connectivity index (χ0v) is 18.2. The van der Waals surface area contributed by atoms with Crippen LogP contribution >= 0.6 is 22.9 Å². The minimum atomic E-state index is 0.458. The van der Waals surface area contributed by atoms with Gasteiger partial charge in [-0.2, -0.15) is 0 Å². The fourth-order valence-corrected chi connectivity index (χ4v) is 4.99. The van der Waals surface area contributed by atoms with Gasteiger partial charge in [0.2, 0.25) is 0 Å². The van der Waals surface area contributed by atoms with Crippen LogP contribution in [0.3, 0.4) is 0 Å². The Hall–Kier alpha value is -1.60. The van der Waals surface area contributed by atoms with Crippen LogP contribution in [0, 0.1) is 0 Å². The van der Waals surface area contributed by atoms with Crippen molar-refractivity contribution in [1.29, 1.82) is 0 Å². The van der Waals surface area contributed by atoms with E-state index in [1.54, 1.807) is 7.11 Å². The average molecular weight is 419 g/mol. The number of hydrogen-bond donors (Lipinski definition) is 1. The molecule has 28 heavy (non-hydrogen) atoms. The topological polar surface area (TPSA) is 40.1 Å². The first-order valence-electron chi connectivity index (χ1n) is 9.81. The lowest BCUT2D eigenvalue weighted by atomic mass is 10.1. The average Bonchev–Trinajstić information content (AvgIpc) is 3.04. The summed E-state index contributed by atoms with van der Waals surface area (Å²) in [7, 11) is 3.97. The van der Waals surface area contributed by atoms with Gasteiger partial charge >= 0.3 is 0 Å². The molecule has 150 valence electrons. The van der Waals surface area contributed by atoms with Crippen LogP contribution in [0.25, 0.3) is 0 Å². The van der Waals surface area contributed by atoms with Crippen LogP contribution in [-0.4, -0.2) is 62.1 Å². The van der Waals surface area contributed by atoms with E-state index in [2.05, 4.69) is 35.2 Å². The second kappa shape index (κ2) is 8.41. The SMILES string of the molecule is CCc1cc2c(s1)Nc1ccc(Cl)cc1N=C2N1CCN(C)[C@@H](CCOC)C1. The molecule has 0 amide bonds. The van der Waals surface area contributed by atoms with E-state index < -0.39 is 0 Å². The van der Waals surface area contributed by atoms with E-state index in [1.165, 1.54) is 15.4 Å². The van der Waals surface area contributed by atoms with Gasteiger partial charge in [-0.25, -0.2) is 4.99 Å². The van der Waals surface area contributed by atoms with Gasteiger partial charge in [-0.3, -0.25) is 4.90 Å². The van der Waals surface area contributed by atoms with Crippen molar-refractivity contribution in [3.05, 3.63) is 39.7 Å². The highest BCUT2D eigenvalue weighted by atomic mass is 35.5. The van der Waals surface area contributed by atoms with Crippen LogP contribution in [-0.2, 0) is 11.2 Å². The zero-order valence-electron chi connectivity index (χ0n) is 16.7. The van der Waals surface area contributed by atoms with Crippen molar-refractivity contribution in [2.75, 3.05) is 45.7 Å². The highest BCUT2D eigenvalue weighted by molar-refractivity contribution is 7.16. The van der Waals surface area contributed by atoms with Gasteiger partial charge in [-0.05, 0) is 44.2 Å². The number of halogens is 1. The molecule has 0 saturated carbocycles. The maximum absolute atomic E-state index is 6.27. The lowest BCUT2D eigenvalue weighted by Crippen LogP contribution is -2.53. The molecule has 1 atom stereocenters. The van der Waals surface area contributed by atoms with Crippen LogP contribution in [0.5, 0.6) is 0 Å². The van der Waals surface area contributed by atoms with Crippen LogP contribution in [0.4, 0.5) is 16.4 Å². The third kappa shape index (κ3) is 3.92. The molecule has 0 spiro atoms. The van der Waals surface area contributed by atoms with Crippen molar-refractivity contribution in [2.45, 2.75) is 25.8 Å². The van der Waals surface area contributed by atoms with Gasteiger partial charge in [-0.1, -0.05) is 18.5 Å². The summed E-state index contributed by atoms with van der Waals surface area (Å²) in [5.74, 6) is 1.05. The number of methoxy groups -OCH3 is 1. The van der Waals surface area contributed by atoms with Gasteiger partial charge < -0.3 is 15.0 Å². The van der Waals surface area contributed by atoms with Gasteiger partial charge in [0, 0.05) is 49.3 Å². The molecule has 1 fully saturated rings. The fourth-order valence-electron chi connectivity index (χ4n) is 3.82. The van der Waals surface area contributed by atoms with Crippen LogP contribution < -0.4 is 5.32 Å². The minimum absolute atomic E-state index is 0.458. The third-order valence-corrected chi connectivity index (χ3v) is 6.97. The number of fused-ring (bicyclic) bond motifs is 2. The molecule has 2 aromatic rings. The van der Waals surface area contributed by atoms with E-state index in [-0.39, 0.29) is 0 Å². The molecule has 0 unspecified atom stereocenters. The zero-order chi connectivity index (χ0) is 19.7. The first-order valence-corrected chi connectivity index (χ1v) is 11.0. The van der Waals surface area contributed by atoms with Gasteiger partial charge in [0.05, 0.1) is 16.9 Å². The molecular formula is C21H27ClN4OS. The third-order valence-electron chi connectivity index (χ3n) is 5.54. The highest BCUT2D eigenvalue weighted by Crippen LogP contribution is 2.40. The van der Waals surface area contributed by atoms with Crippen LogP contribution in [0.1, 0.15) is 23.8 Å².